The van der Waals surface area contributed by atoms with Crippen LogP contribution < -0.4 is 5.73 Å². The SMILES string of the molecule is NC(=O)c1ccc(/C=C/C(=O)N(CCO)C2CC2)cc1. The van der Waals surface area contributed by atoms with Crippen LogP contribution in [0.15, 0.2) is 30.3 Å². The molecule has 106 valence electrons. The highest BCUT2D eigenvalue weighted by molar-refractivity contribution is 5.94. The number of amides is 2. The lowest BCUT2D eigenvalue weighted by Crippen LogP contribution is -2.34. The van der Waals surface area contributed by atoms with Crippen LogP contribution in [0.25, 0.3) is 6.08 Å². The second kappa shape index (κ2) is 6.34. The van der Waals surface area contributed by atoms with Crippen LogP contribution in [0.5, 0.6) is 0 Å². The zero-order valence-electron chi connectivity index (χ0n) is 11.2. The van der Waals surface area contributed by atoms with Crippen molar-refractivity contribution < 1.29 is 14.7 Å². The molecule has 1 aromatic rings. The van der Waals surface area contributed by atoms with Crippen molar-refractivity contribution in [3.63, 3.8) is 0 Å². The molecule has 0 atom stereocenters. The molecule has 0 aliphatic heterocycles. The Hall–Kier alpha value is -2.14. The predicted molar refractivity (Wildman–Crippen MR) is 75.8 cm³/mol. The van der Waals surface area contributed by atoms with Crippen LogP contribution in [0.3, 0.4) is 0 Å². The molecule has 0 radical (unpaired) electrons. The van der Waals surface area contributed by atoms with Crippen LogP contribution in [0, 0.1) is 0 Å². The number of carbonyl (C=O) groups is 2. The molecule has 0 aromatic heterocycles. The minimum absolute atomic E-state index is 0.0244. The van der Waals surface area contributed by atoms with Gasteiger partial charge in [0.05, 0.1) is 6.61 Å². The van der Waals surface area contributed by atoms with Crippen LogP contribution in [-0.4, -0.2) is 41.0 Å². The van der Waals surface area contributed by atoms with E-state index in [2.05, 4.69) is 0 Å². The third kappa shape index (κ3) is 3.68. The zero-order chi connectivity index (χ0) is 14.5. The summed E-state index contributed by atoms with van der Waals surface area (Å²) >= 11 is 0. The van der Waals surface area contributed by atoms with Crippen LogP contribution >= 0.6 is 0 Å². The number of aliphatic hydroxyl groups excluding tert-OH is 1. The molecule has 1 aliphatic carbocycles. The topological polar surface area (TPSA) is 83.6 Å². The van der Waals surface area contributed by atoms with Gasteiger partial charge in [0, 0.05) is 24.2 Å². The lowest BCUT2D eigenvalue weighted by atomic mass is 10.1. The van der Waals surface area contributed by atoms with E-state index < -0.39 is 5.91 Å². The summed E-state index contributed by atoms with van der Waals surface area (Å²) in [5.41, 5.74) is 6.42. The Balaban J connectivity index is 2.00. The van der Waals surface area contributed by atoms with E-state index in [1.165, 1.54) is 6.08 Å². The van der Waals surface area contributed by atoms with Crippen molar-refractivity contribution in [3.8, 4) is 0 Å². The monoisotopic (exact) mass is 274 g/mol. The van der Waals surface area contributed by atoms with E-state index in [1.807, 2.05) is 0 Å². The quantitative estimate of drug-likeness (QED) is 0.752. The van der Waals surface area contributed by atoms with Gasteiger partial charge in [-0.2, -0.15) is 0 Å². The number of nitrogens with zero attached hydrogens (tertiary/aromatic N) is 1. The Morgan fingerprint density at radius 3 is 2.45 bits per heavy atom. The molecule has 0 unspecified atom stereocenters. The molecule has 5 heteroatoms. The number of hydrogen-bond donors (Lipinski definition) is 2. The molecule has 20 heavy (non-hydrogen) atoms. The molecule has 1 fully saturated rings. The number of aliphatic hydroxyl groups is 1. The van der Waals surface area contributed by atoms with E-state index in [0.717, 1.165) is 18.4 Å². The van der Waals surface area contributed by atoms with Crippen molar-refractivity contribution in [2.24, 2.45) is 5.73 Å². The summed E-state index contributed by atoms with van der Waals surface area (Å²) < 4.78 is 0. The smallest absolute Gasteiger partial charge is 0.248 e. The second-order valence-electron chi connectivity index (χ2n) is 4.81. The van der Waals surface area contributed by atoms with Crippen LogP contribution in [0.2, 0.25) is 0 Å². The molecule has 1 aromatic carbocycles. The predicted octanol–water partition coefficient (Wildman–Crippen LogP) is 0.782. The summed E-state index contributed by atoms with van der Waals surface area (Å²) in [5.74, 6) is -0.569. The van der Waals surface area contributed by atoms with E-state index in [0.29, 0.717) is 12.1 Å². The second-order valence-corrected chi connectivity index (χ2v) is 4.81. The molecule has 0 heterocycles. The van der Waals surface area contributed by atoms with E-state index in [9.17, 15) is 9.59 Å². The number of rotatable bonds is 6. The van der Waals surface area contributed by atoms with Crippen molar-refractivity contribution in [1.29, 1.82) is 0 Å². The van der Waals surface area contributed by atoms with Gasteiger partial charge in [-0.3, -0.25) is 9.59 Å². The zero-order valence-corrected chi connectivity index (χ0v) is 11.2. The average Bonchev–Trinajstić information content (AvgIpc) is 3.27. The lowest BCUT2D eigenvalue weighted by Gasteiger charge is -2.19. The standard InChI is InChI=1S/C15H18N2O3/c16-15(20)12-4-1-11(2-5-12)3-8-14(19)17(9-10-18)13-6-7-13/h1-5,8,13,18H,6-7,9-10H2,(H2,16,20)/b8-3+. The number of carbonyl (C=O) groups excluding carboxylic acids is 2. The van der Waals surface area contributed by atoms with Crippen LogP contribution in [-0.2, 0) is 4.79 Å². The lowest BCUT2D eigenvalue weighted by molar-refractivity contribution is -0.127. The van der Waals surface area contributed by atoms with E-state index >= 15 is 0 Å². The first-order valence-corrected chi connectivity index (χ1v) is 6.61. The molecule has 1 aliphatic rings. The maximum atomic E-state index is 12.0. The first-order valence-electron chi connectivity index (χ1n) is 6.61. The molecule has 2 amide bonds. The molecular formula is C15H18N2O3. The van der Waals surface area contributed by atoms with Crippen LogP contribution in [0.1, 0.15) is 28.8 Å². The molecule has 2 rings (SSSR count). The summed E-state index contributed by atoms with van der Waals surface area (Å²) in [6.45, 7) is 0.345. The molecular weight excluding hydrogens is 256 g/mol. The van der Waals surface area contributed by atoms with Crippen molar-refractivity contribution in [2.45, 2.75) is 18.9 Å². The van der Waals surface area contributed by atoms with Gasteiger partial charge < -0.3 is 15.7 Å². The molecule has 1 saturated carbocycles. The van der Waals surface area contributed by atoms with Gasteiger partial charge in [-0.25, -0.2) is 0 Å². The Kier molecular flexibility index (Phi) is 4.53. The van der Waals surface area contributed by atoms with Crippen molar-refractivity contribution in [2.75, 3.05) is 13.2 Å². The number of benzene rings is 1. The number of nitrogens with two attached hydrogens (primary N) is 1. The van der Waals surface area contributed by atoms with Gasteiger partial charge >= 0.3 is 0 Å². The average molecular weight is 274 g/mol. The molecule has 0 saturated heterocycles. The van der Waals surface area contributed by atoms with Gasteiger partial charge in [-0.1, -0.05) is 12.1 Å². The number of primary amides is 1. The fraction of sp³-hybridized carbons (Fsp3) is 0.333. The largest absolute Gasteiger partial charge is 0.395 e. The molecule has 0 bridgehead atoms. The Labute approximate surface area is 117 Å². The highest BCUT2D eigenvalue weighted by atomic mass is 16.3. The van der Waals surface area contributed by atoms with Crippen LogP contribution in [0.4, 0.5) is 0 Å². The minimum atomic E-state index is -0.473. The maximum absolute atomic E-state index is 12.0. The summed E-state index contributed by atoms with van der Waals surface area (Å²) in [6, 6.07) is 6.99. The normalized spacial score (nSPS) is 14.4. The highest BCUT2D eigenvalue weighted by Gasteiger charge is 2.30. The molecule has 5 nitrogen and oxygen atoms in total. The summed E-state index contributed by atoms with van der Waals surface area (Å²) in [7, 11) is 0. The van der Waals surface area contributed by atoms with E-state index in [4.69, 9.17) is 10.8 Å². The molecule has 0 spiro atoms. The van der Waals surface area contributed by atoms with Gasteiger partial charge in [0.1, 0.15) is 0 Å². The highest BCUT2D eigenvalue weighted by Crippen LogP contribution is 2.26. The Bertz CT molecular complexity index is 518. The van der Waals surface area contributed by atoms with Crippen molar-refractivity contribution >= 4 is 17.9 Å². The Morgan fingerprint density at radius 2 is 1.95 bits per heavy atom. The first kappa shape index (κ1) is 14.3. The third-order valence-electron chi connectivity index (χ3n) is 3.23. The Morgan fingerprint density at radius 1 is 1.30 bits per heavy atom. The van der Waals surface area contributed by atoms with E-state index in [1.54, 1.807) is 35.2 Å². The van der Waals surface area contributed by atoms with Crippen molar-refractivity contribution in [3.05, 3.63) is 41.5 Å². The summed E-state index contributed by atoms with van der Waals surface area (Å²) in [6.07, 6.45) is 5.20. The first-order chi connectivity index (χ1) is 9.61. The van der Waals surface area contributed by atoms with Gasteiger partial charge in [0.2, 0.25) is 11.8 Å². The van der Waals surface area contributed by atoms with Gasteiger partial charge in [-0.05, 0) is 36.6 Å². The fourth-order valence-electron chi connectivity index (χ4n) is 1.99. The number of hydrogen-bond acceptors (Lipinski definition) is 3. The van der Waals surface area contributed by atoms with Gasteiger partial charge in [0.15, 0.2) is 0 Å². The van der Waals surface area contributed by atoms with E-state index in [-0.39, 0.29) is 18.6 Å². The fourth-order valence-corrected chi connectivity index (χ4v) is 1.99. The summed E-state index contributed by atoms with van der Waals surface area (Å²) in [4.78, 5) is 24.6. The summed E-state index contributed by atoms with van der Waals surface area (Å²) in [5, 5.41) is 8.97. The molecule has 3 N–H and O–H groups in total. The van der Waals surface area contributed by atoms with Gasteiger partial charge in [-0.15, -0.1) is 0 Å². The maximum Gasteiger partial charge on any atom is 0.248 e. The van der Waals surface area contributed by atoms with Crippen molar-refractivity contribution in [1.82, 2.24) is 4.90 Å². The van der Waals surface area contributed by atoms with Gasteiger partial charge in [0.25, 0.3) is 0 Å². The minimum Gasteiger partial charge on any atom is -0.395 e. The third-order valence-corrected chi connectivity index (χ3v) is 3.23.